The van der Waals surface area contributed by atoms with Gasteiger partial charge in [-0.3, -0.25) is 9.59 Å². The Morgan fingerprint density at radius 1 is 0.818 bits per heavy atom. The van der Waals surface area contributed by atoms with Crippen molar-refractivity contribution in [1.29, 1.82) is 0 Å². The van der Waals surface area contributed by atoms with Crippen molar-refractivity contribution in [2.45, 2.75) is 26.7 Å². The minimum absolute atomic E-state index is 0.271. The highest BCUT2D eigenvalue weighted by Gasteiger charge is 2.21. The number of carbonyl (C=O) groups is 2. The second-order valence-corrected chi connectivity index (χ2v) is 8.21. The Hall–Kier alpha value is -4.19. The molecule has 0 atom stereocenters. The molecule has 1 heterocycles. The van der Waals surface area contributed by atoms with E-state index in [4.69, 9.17) is 0 Å². The molecule has 0 saturated heterocycles. The van der Waals surface area contributed by atoms with Gasteiger partial charge in [0.05, 0.1) is 11.9 Å². The number of amides is 2. The minimum atomic E-state index is -0.353. The number of nitrogens with zero attached hydrogens (tertiary/aromatic N) is 2. The van der Waals surface area contributed by atoms with Gasteiger partial charge >= 0.3 is 0 Å². The molecule has 33 heavy (non-hydrogen) atoms. The first-order valence-corrected chi connectivity index (χ1v) is 10.8. The number of benzene rings is 3. The molecule has 4 aromatic rings. The van der Waals surface area contributed by atoms with E-state index in [1.807, 2.05) is 73.7 Å². The normalized spacial score (nSPS) is 10.8. The quantitative estimate of drug-likeness (QED) is 0.399. The molecule has 0 aliphatic rings. The minimum Gasteiger partial charge on any atom is -0.322 e. The molecule has 0 aliphatic carbocycles. The first-order valence-electron chi connectivity index (χ1n) is 10.8. The zero-order chi connectivity index (χ0) is 23.4. The average molecular weight is 439 g/mol. The van der Waals surface area contributed by atoms with Gasteiger partial charge in [0.15, 0.2) is 0 Å². The smallest absolute Gasteiger partial charge is 0.261 e. The van der Waals surface area contributed by atoms with E-state index in [1.54, 1.807) is 16.8 Å². The maximum atomic E-state index is 13.1. The maximum Gasteiger partial charge on any atom is 0.261 e. The van der Waals surface area contributed by atoms with Gasteiger partial charge in [-0.15, -0.1) is 0 Å². The van der Waals surface area contributed by atoms with E-state index in [1.165, 1.54) is 11.8 Å². The van der Waals surface area contributed by atoms with Crippen molar-refractivity contribution in [3.05, 3.63) is 107 Å². The molecule has 1 aromatic heterocycles. The Kier molecular flexibility index (Phi) is 6.36. The second-order valence-electron chi connectivity index (χ2n) is 8.21. The largest absolute Gasteiger partial charge is 0.322 e. The molecule has 0 fully saturated rings. The molecule has 2 amide bonds. The van der Waals surface area contributed by atoms with Crippen molar-refractivity contribution in [1.82, 2.24) is 9.78 Å². The van der Waals surface area contributed by atoms with Crippen LogP contribution in [0, 0.1) is 6.92 Å². The van der Waals surface area contributed by atoms with Crippen molar-refractivity contribution in [3.63, 3.8) is 0 Å². The summed E-state index contributed by atoms with van der Waals surface area (Å²) in [7, 11) is 0. The summed E-state index contributed by atoms with van der Waals surface area (Å²) < 4.78 is 1.56. The van der Waals surface area contributed by atoms with E-state index in [9.17, 15) is 9.59 Å². The van der Waals surface area contributed by atoms with E-state index in [0.717, 1.165) is 11.3 Å². The first kappa shape index (κ1) is 22.0. The average Bonchev–Trinajstić information content (AvgIpc) is 3.24. The summed E-state index contributed by atoms with van der Waals surface area (Å²) in [5, 5.41) is 10.2. The predicted octanol–water partition coefficient (Wildman–Crippen LogP) is 5.81. The molecule has 3 aromatic carbocycles. The Bertz CT molecular complexity index is 1260. The highest BCUT2D eigenvalue weighted by Crippen LogP contribution is 2.23. The van der Waals surface area contributed by atoms with Crippen LogP contribution in [0.3, 0.4) is 0 Å². The van der Waals surface area contributed by atoms with Crippen LogP contribution < -0.4 is 10.6 Å². The van der Waals surface area contributed by atoms with Crippen molar-refractivity contribution in [2.75, 3.05) is 10.6 Å². The zero-order valence-electron chi connectivity index (χ0n) is 18.9. The number of anilines is 2. The number of hydrogen-bond donors (Lipinski definition) is 2. The summed E-state index contributed by atoms with van der Waals surface area (Å²) in [5.74, 6) is 0.0437. The van der Waals surface area contributed by atoms with Crippen LogP contribution in [0.2, 0.25) is 0 Å². The molecule has 4 rings (SSSR count). The van der Waals surface area contributed by atoms with E-state index in [-0.39, 0.29) is 17.4 Å². The number of rotatable bonds is 6. The first-order chi connectivity index (χ1) is 15.9. The van der Waals surface area contributed by atoms with Gasteiger partial charge in [0.2, 0.25) is 0 Å². The lowest BCUT2D eigenvalue weighted by molar-refractivity contribution is 0.102. The van der Waals surface area contributed by atoms with Crippen LogP contribution in [0.15, 0.2) is 85.1 Å². The van der Waals surface area contributed by atoms with Crippen molar-refractivity contribution < 1.29 is 9.59 Å². The SMILES string of the molecule is Cc1ccc(C(=O)Nc2c(C(=O)Nc3ccc(C(C)C)cc3)cnn2-c2ccccc2)cc1. The van der Waals surface area contributed by atoms with Gasteiger partial charge in [0.1, 0.15) is 11.4 Å². The van der Waals surface area contributed by atoms with Crippen LogP contribution in [-0.4, -0.2) is 21.6 Å². The Morgan fingerprint density at radius 2 is 1.48 bits per heavy atom. The van der Waals surface area contributed by atoms with Crippen molar-refractivity contribution in [3.8, 4) is 5.69 Å². The summed E-state index contributed by atoms with van der Waals surface area (Å²) in [5.41, 5.74) is 4.43. The number of para-hydroxylation sites is 1. The number of aryl methyl sites for hydroxylation is 1. The van der Waals surface area contributed by atoms with Gasteiger partial charge in [-0.2, -0.15) is 5.10 Å². The Balaban J connectivity index is 1.65. The van der Waals surface area contributed by atoms with E-state index >= 15 is 0 Å². The second kappa shape index (κ2) is 9.53. The van der Waals surface area contributed by atoms with Gasteiger partial charge in [0, 0.05) is 11.3 Å². The molecule has 2 N–H and O–H groups in total. The number of aromatic nitrogens is 2. The van der Waals surface area contributed by atoms with E-state index in [0.29, 0.717) is 23.0 Å². The monoisotopic (exact) mass is 438 g/mol. The van der Waals surface area contributed by atoms with Gasteiger partial charge in [-0.25, -0.2) is 4.68 Å². The summed E-state index contributed by atoms with van der Waals surface area (Å²) in [6, 6.07) is 24.4. The maximum absolute atomic E-state index is 13.1. The van der Waals surface area contributed by atoms with Crippen LogP contribution in [-0.2, 0) is 0 Å². The third kappa shape index (κ3) is 5.01. The van der Waals surface area contributed by atoms with Crippen molar-refractivity contribution in [2.24, 2.45) is 0 Å². The summed E-state index contributed by atoms with van der Waals surface area (Å²) in [6.45, 7) is 6.20. The Morgan fingerprint density at radius 3 is 2.12 bits per heavy atom. The summed E-state index contributed by atoms with van der Waals surface area (Å²) >= 11 is 0. The van der Waals surface area contributed by atoms with Crippen LogP contribution in [0.1, 0.15) is 51.6 Å². The standard InChI is InChI=1S/C27H26N4O2/c1-18(2)20-13-15-22(16-14-20)29-27(33)24-17-28-31(23-7-5-4-6-8-23)25(24)30-26(32)21-11-9-19(3)10-12-21/h4-18H,1-3H3,(H,29,33)(H,30,32). The topological polar surface area (TPSA) is 76.0 Å². The third-order valence-electron chi connectivity index (χ3n) is 5.40. The lowest BCUT2D eigenvalue weighted by atomic mass is 10.0. The lowest BCUT2D eigenvalue weighted by Crippen LogP contribution is -2.19. The van der Waals surface area contributed by atoms with Gasteiger partial charge < -0.3 is 10.6 Å². The molecular weight excluding hydrogens is 412 g/mol. The molecule has 0 saturated carbocycles. The Labute approximate surface area is 193 Å². The fraction of sp³-hybridized carbons (Fsp3) is 0.148. The zero-order valence-corrected chi connectivity index (χ0v) is 18.9. The third-order valence-corrected chi connectivity index (χ3v) is 5.40. The molecule has 0 spiro atoms. The molecule has 166 valence electrons. The van der Waals surface area contributed by atoms with Gasteiger partial charge in [-0.05, 0) is 54.8 Å². The van der Waals surface area contributed by atoms with Crippen LogP contribution >= 0.6 is 0 Å². The summed E-state index contributed by atoms with van der Waals surface area (Å²) in [4.78, 5) is 26.1. The highest BCUT2D eigenvalue weighted by molar-refractivity contribution is 6.12. The fourth-order valence-corrected chi connectivity index (χ4v) is 3.43. The lowest BCUT2D eigenvalue weighted by Gasteiger charge is -2.12. The van der Waals surface area contributed by atoms with Gasteiger partial charge in [0.25, 0.3) is 11.8 Å². The molecule has 0 bridgehead atoms. The van der Waals surface area contributed by atoms with E-state index in [2.05, 4.69) is 29.6 Å². The van der Waals surface area contributed by atoms with Crippen LogP contribution in [0.25, 0.3) is 5.69 Å². The molecule has 6 heteroatoms. The molecular formula is C27H26N4O2. The predicted molar refractivity (Wildman–Crippen MR) is 131 cm³/mol. The molecule has 0 radical (unpaired) electrons. The molecule has 0 unspecified atom stereocenters. The molecule has 6 nitrogen and oxygen atoms in total. The summed E-state index contributed by atoms with van der Waals surface area (Å²) in [6.07, 6.45) is 1.47. The van der Waals surface area contributed by atoms with Gasteiger partial charge in [-0.1, -0.05) is 61.9 Å². The van der Waals surface area contributed by atoms with E-state index < -0.39 is 0 Å². The highest BCUT2D eigenvalue weighted by atomic mass is 16.2. The number of hydrogen-bond acceptors (Lipinski definition) is 3. The van der Waals surface area contributed by atoms with Crippen molar-refractivity contribution >= 4 is 23.3 Å². The number of carbonyl (C=O) groups excluding carboxylic acids is 2. The number of nitrogens with one attached hydrogen (secondary N) is 2. The fourth-order valence-electron chi connectivity index (χ4n) is 3.43. The van der Waals surface area contributed by atoms with Crippen LogP contribution in [0.4, 0.5) is 11.5 Å². The van der Waals surface area contributed by atoms with Crippen LogP contribution in [0.5, 0.6) is 0 Å². The molecule has 0 aliphatic heterocycles.